The summed E-state index contributed by atoms with van der Waals surface area (Å²) in [6, 6.07) is 12.6. The van der Waals surface area contributed by atoms with Gasteiger partial charge in [0.15, 0.2) is 0 Å². The van der Waals surface area contributed by atoms with Crippen LogP contribution >= 0.6 is 0 Å². The number of likely N-dealkylation sites (tertiary alicyclic amines) is 1. The zero-order chi connectivity index (χ0) is 24.8. The molecule has 35 heavy (non-hydrogen) atoms. The lowest BCUT2D eigenvalue weighted by molar-refractivity contribution is 0.265. The standard InChI is InChI=1S/C31H36N4/c1-6-11-25-13-8-9-15-29(25)28(12-7-2)24(4)27-14-10-20-35(22-27)31-33-30(21-23(3)34(31)5)26-16-18-32-19-17-26/h6,8-9,11,13,15-19,21,27H,1,3-4,7,10,12,14,20,22H2,2,5H3/b25-11-,29-28+. The van der Waals surface area contributed by atoms with E-state index in [1.54, 1.807) is 12.4 Å². The molecule has 1 fully saturated rings. The Hall–Kier alpha value is -3.66. The van der Waals surface area contributed by atoms with Crippen LogP contribution in [0.1, 0.15) is 38.2 Å². The van der Waals surface area contributed by atoms with E-state index in [1.807, 2.05) is 24.3 Å². The number of benzene rings is 1. The van der Waals surface area contributed by atoms with Gasteiger partial charge in [0.25, 0.3) is 0 Å². The number of hydrogen-bond acceptors (Lipinski definition) is 4. The summed E-state index contributed by atoms with van der Waals surface area (Å²) in [7, 11) is 2.05. The van der Waals surface area contributed by atoms with Crippen LogP contribution in [-0.2, 0) is 0 Å². The lowest BCUT2D eigenvalue weighted by atomic mass is 9.84. The topological polar surface area (TPSA) is 31.7 Å². The van der Waals surface area contributed by atoms with Crippen molar-refractivity contribution in [3.63, 3.8) is 0 Å². The third kappa shape index (κ3) is 5.37. The highest BCUT2D eigenvalue weighted by Crippen LogP contribution is 2.32. The molecule has 0 spiro atoms. The highest BCUT2D eigenvalue weighted by atomic mass is 15.4. The van der Waals surface area contributed by atoms with Crippen LogP contribution < -0.4 is 10.4 Å². The first-order valence-electron chi connectivity index (χ1n) is 12.5. The first kappa shape index (κ1) is 24.5. The van der Waals surface area contributed by atoms with Crippen LogP contribution in [0, 0.1) is 5.92 Å². The minimum atomic E-state index is 0.377. The van der Waals surface area contributed by atoms with Crippen molar-refractivity contribution in [2.45, 2.75) is 32.6 Å². The van der Waals surface area contributed by atoms with E-state index in [2.05, 4.69) is 78.8 Å². The van der Waals surface area contributed by atoms with Crippen LogP contribution in [0.25, 0.3) is 17.3 Å². The maximum Gasteiger partial charge on any atom is 0.206 e. The molecule has 3 heterocycles. The quantitative estimate of drug-likeness (QED) is 0.594. The monoisotopic (exact) mass is 464 g/mol. The Balaban J connectivity index is 1.66. The number of nitrogens with zero attached hydrogens (tertiary/aromatic N) is 4. The predicted molar refractivity (Wildman–Crippen MR) is 149 cm³/mol. The van der Waals surface area contributed by atoms with Gasteiger partial charge in [-0.2, -0.15) is 0 Å². The molecule has 0 radical (unpaired) electrons. The number of aromatic nitrogens is 1. The Labute approximate surface area is 209 Å². The summed E-state index contributed by atoms with van der Waals surface area (Å²) in [5.41, 5.74) is 5.55. The summed E-state index contributed by atoms with van der Waals surface area (Å²) in [4.78, 5) is 13.7. The molecule has 1 aromatic heterocycles. The highest BCUT2D eigenvalue weighted by molar-refractivity contribution is 5.91. The van der Waals surface area contributed by atoms with E-state index in [0.29, 0.717) is 5.92 Å². The number of rotatable bonds is 6. The number of likely N-dealkylation sites (N-methyl/N-ethyl adjacent to an activating group) is 1. The van der Waals surface area contributed by atoms with Gasteiger partial charge >= 0.3 is 0 Å². The fourth-order valence-corrected chi connectivity index (χ4v) is 5.00. The van der Waals surface area contributed by atoms with E-state index in [4.69, 9.17) is 4.99 Å². The second-order valence-corrected chi connectivity index (χ2v) is 9.26. The molecule has 1 atom stereocenters. The van der Waals surface area contributed by atoms with Crippen LogP contribution in [0.4, 0.5) is 0 Å². The summed E-state index contributed by atoms with van der Waals surface area (Å²) in [5, 5.41) is 2.49. The number of allylic oxidation sites excluding steroid dienone is 2. The SMILES string of the molecule is C=C/C=c1/cccc/c1=C(/CCC)C(=C)C1CCCN(C2=NC(c3ccncc3)=CC(=C)N2C)C1. The maximum atomic E-state index is 5.07. The van der Waals surface area contributed by atoms with Crippen molar-refractivity contribution in [1.29, 1.82) is 0 Å². The molecule has 1 unspecified atom stereocenters. The van der Waals surface area contributed by atoms with Crippen molar-refractivity contribution in [1.82, 2.24) is 14.8 Å². The Morgan fingerprint density at radius 2 is 1.94 bits per heavy atom. The number of hydrogen-bond donors (Lipinski definition) is 0. The van der Waals surface area contributed by atoms with E-state index in [9.17, 15) is 0 Å². The van der Waals surface area contributed by atoms with Gasteiger partial charge in [0.1, 0.15) is 0 Å². The summed E-state index contributed by atoms with van der Waals surface area (Å²) in [6.07, 6.45) is 14.0. The summed E-state index contributed by atoms with van der Waals surface area (Å²) in [5.74, 6) is 1.33. The Morgan fingerprint density at radius 1 is 1.17 bits per heavy atom. The van der Waals surface area contributed by atoms with Gasteiger partial charge in [-0.05, 0) is 59.1 Å². The fraction of sp³-hybridized carbons (Fsp3) is 0.290. The van der Waals surface area contributed by atoms with Gasteiger partial charge in [-0.1, -0.05) is 69.5 Å². The third-order valence-corrected chi connectivity index (χ3v) is 6.90. The minimum Gasteiger partial charge on any atom is -0.342 e. The Bertz CT molecular complexity index is 1280. The molecular weight excluding hydrogens is 428 g/mol. The van der Waals surface area contributed by atoms with Crippen LogP contribution in [0.3, 0.4) is 0 Å². The van der Waals surface area contributed by atoms with E-state index >= 15 is 0 Å². The number of aliphatic imine (C=N–C) groups is 1. The number of pyridine rings is 1. The fourth-order valence-electron chi connectivity index (χ4n) is 5.00. The van der Waals surface area contributed by atoms with Gasteiger partial charge < -0.3 is 9.80 Å². The van der Waals surface area contributed by atoms with Crippen molar-refractivity contribution < 1.29 is 0 Å². The summed E-state index contributed by atoms with van der Waals surface area (Å²) >= 11 is 0. The predicted octanol–water partition coefficient (Wildman–Crippen LogP) is 5.12. The van der Waals surface area contributed by atoms with Crippen molar-refractivity contribution in [2.75, 3.05) is 20.1 Å². The normalized spacial score (nSPS) is 19.8. The smallest absolute Gasteiger partial charge is 0.206 e. The van der Waals surface area contributed by atoms with E-state index < -0.39 is 0 Å². The molecule has 1 saturated heterocycles. The average molecular weight is 465 g/mol. The molecular formula is C31H36N4. The Kier molecular flexibility index (Phi) is 7.81. The molecule has 1 aromatic carbocycles. The third-order valence-electron chi connectivity index (χ3n) is 6.90. The molecule has 0 bridgehead atoms. The van der Waals surface area contributed by atoms with Crippen LogP contribution in [0.5, 0.6) is 0 Å². The molecule has 4 rings (SSSR count). The molecule has 0 saturated carbocycles. The van der Waals surface area contributed by atoms with E-state index in [0.717, 1.165) is 61.7 Å². The maximum absolute atomic E-state index is 5.07. The van der Waals surface area contributed by atoms with Crippen molar-refractivity contribution in [2.24, 2.45) is 10.9 Å². The first-order chi connectivity index (χ1) is 17.0. The lowest BCUT2D eigenvalue weighted by Gasteiger charge is -2.40. The molecule has 2 aliphatic heterocycles. The molecule has 180 valence electrons. The van der Waals surface area contributed by atoms with Crippen LogP contribution in [-0.4, -0.2) is 40.9 Å². The highest BCUT2D eigenvalue weighted by Gasteiger charge is 2.29. The second kappa shape index (κ2) is 11.2. The van der Waals surface area contributed by atoms with Crippen molar-refractivity contribution in [3.05, 3.63) is 108 Å². The van der Waals surface area contributed by atoms with Gasteiger partial charge in [0, 0.05) is 49.7 Å². The van der Waals surface area contributed by atoms with Crippen LogP contribution in [0.15, 0.2) is 96.9 Å². The first-order valence-corrected chi connectivity index (χ1v) is 12.5. The molecule has 4 nitrogen and oxygen atoms in total. The zero-order valence-corrected chi connectivity index (χ0v) is 21.1. The number of piperidine rings is 1. The largest absolute Gasteiger partial charge is 0.342 e. The van der Waals surface area contributed by atoms with Gasteiger partial charge in [-0.15, -0.1) is 0 Å². The van der Waals surface area contributed by atoms with Gasteiger partial charge in [-0.3, -0.25) is 4.98 Å². The molecule has 0 aliphatic carbocycles. The van der Waals surface area contributed by atoms with Gasteiger partial charge in [-0.25, -0.2) is 4.99 Å². The van der Waals surface area contributed by atoms with Crippen LogP contribution in [0.2, 0.25) is 0 Å². The molecule has 2 aromatic rings. The van der Waals surface area contributed by atoms with Crippen molar-refractivity contribution >= 4 is 23.3 Å². The molecule has 0 N–H and O–H groups in total. The minimum absolute atomic E-state index is 0.377. The molecule has 2 aliphatic rings. The van der Waals surface area contributed by atoms with Crippen molar-refractivity contribution in [3.8, 4) is 0 Å². The van der Waals surface area contributed by atoms with E-state index in [1.165, 1.54) is 21.6 Å². The molecule has 0 amide bonds. The molecule has 4 heteroatoms. The van der Waals surface area contributed by atoms with E-state index in [-0.39, 0.29) is 0 Å². The lowest BCUT2D eigenvalue weighted by Crippen LogP contribution is -2.48. The zero-order valence-electron chi connectivity index (χ0n) is 21.1. The van der Waals surface area contributed by atoms with Gasteiger partial charge in [0.2, 0.25) is 5.96 Å². The average Bonchev–Trinajstić information content (AvgIpc) is 2.89. The number of guanidine groups is 1. The Morgan fingerprint density at radius 3 is 2.69 bits per heavy atom. The summed E-state index contributed by atoms with van der Waals surface area (Å²) < 4.78 is 0. The summed E-state index contributed by atoms with van der Waals surface area (Å²) in [6.45, 7) is 17.0. The second-order valence-electron chi connectivity index (χ2n) is 9.26. The van der Waals surface area contributed by atoms with Gasteiger partial charge in [0.05, 0.1) is 5.70 Å².